The van der Waals surface area contributed by atoms with Crippen LogP contribution in [-0.2, 0) is 0 Å². The maximum Gasteiger partial charge on any atom is 0.268 e. The van der Waals surface area contributed by atoms with Crippen LogP contribution in [0.25, 0.3) is 11.1 Å². The molecule has 2 aromatic heterocycles. The lowest BCUT2D eigenvalue weighted by Gasteiger charge is -2.16. The number of hydrogen-bond donors (Lipinski definition) is 4. The third-order valence-corrected chi connectivity index (χ3v) is 4.63. The van der Waals surface area contributed by atoms with E-state index in [1.807, 2.05) is 0 Å². The number of H-pyrrole nitrogens is 1. The first-order valence-corrected chi connectivity index (χ1v) is 9.25. The molecule has 3 rings (SSSR count). The molecule has 0 aliphatic heterocycles. The van der Waals surface area contributed by atoms with Gasteiger partial charge in [0.2, 0.25) is 0 Å². The van der Waals surface area contributed by atoms with Gasteiger partial charge in [-0.2, -0.15) is 0 Å². The zero-order valence-corrected chi connectivity index (χ0v) is 16.6. The van der Waals surface area contributed by atoms with Crippen molar-refractivity contribution in [2.45, 2.75) is 25.8 Å². The summed E-state index contributed by atoms with van der Waals surface area (Å²) in [6.45, 7) is -5.37. The van der Waals surface area contributed by atoms with Crippen molar-refractivity contribution in [2.75, 3.05) is 11.9 Å². The summed E-state index contributed by atoms with van der Waals surface area (Å²) in [6.07, 6.45) is 2.73. The van der Waals surface area contributed by atoms with Crippen LogP contribution < -0.4 is 10.6 Å². The van der Waals surface area contributed by atoms with Gasteiger partial charge in [0, 0.05) is 41.4 Å². The molecule has 152 valence electrons. The Morgan fingerprint density at radius 1 is 1.38 bits per heavy atom. The molecule has 0 saturated heterocycles. The number of benzene rings is 1. The molecule has 0 aliphatic carbocycles. The number of amides is 1. The highest BCUT2D eigenvalue weighted by Crippen LogP contribution is 2.30. The van der Waals surface area contributed by atoms with Crippen LogP contribution in [0, 0.1) is 0 Å². The van der Waals surface area contributed by atoms with Crippen molar-refractivity contribution < 1.29 is 18.1 Å². The number of aliphatic hydroxyl groups is 1. The van der Waals surface area contributed by atoms with E-state index in [4.69, 9.17) is 31.4 Å². The van der Waals surface area contributed by atoms with Crippen LogP contribution in [0.2, 0.25) is 10.0 Å². The fourth-order valence-corrected chi connectivity index (χ4v) is 3.15. The van der Waals surface area contributed by atoms with Crippen LogP contribution in [0.4, 0.5) is 5.82 Å². The summed E-state index contributed by atoms with van der Waals surface area (Å²) in [7, 11) is 0. The Balaban J connectivity index is 1.84. The second-order valence-electron chi connectivity index (χ2n) is 6.15. The molecule has 3 aromatic rings. The van der Waals surface area contributed by atoms with Crippen molar-refractivity contribution in [3.63, 3.8) is 0 Å². The fraction of sp³-hybridized carbons (Fsp3) is 0.238. The van der Waals surface area contributed by atoms with E-state index in [1.165, 1.54) is 24.5 Å². The van der Waals surface area contributed by atoms with E-state index in [2.05, 4.69) is 20.6 Å². The van der Waals surface area contributed by atoms with Crippen LogP contribution in [-0.4, -0.2) is 33.6 Å². The number of nitrogens with one attached hydrogen (secondary N) is 3. The molecule has 4 N–H and O–H groups in total. The summed E-state index contributed by atoms with van der Waals surface area (Å²) in [6, 6.07) is 6.29. The molecular formula is C21H22Cl2N4O2. The molecule has 6 nitrogen and oxygen atoms in total. The Bertz CT molecular complexity index is 1210. The van der Waals surface area contributed by atoms with Gasteiger partial charge in [0.1, 0.15) is 11.5 Å². The Hall–Kier alpha value is -2.54. The summed E-state index contributed by atoms with van der Waals surface area (Å²) < 4.78 is 45.8. The van der Waals surface area contributed by atoms with Crippen LogP contribution in [0.5, 0.6) is 0 Å². The molecule has 0 spiro atoms. The summed E-state index contributed by atoms with van der Waals surface area (Å²) in [4.78, 5) is 19.6. The second kappa shape index (κ2) is 9.31. The van der Waals surface area contributed by atoms with Gasteiger partial charge in [-0.1, -0.05) is 35.3 Å². The van der Waals surface area contributed by atoms with Gasteiger partial charge in [-0.25, -0.2) is 4.98 Å². The first-order valence-electron chi connectivity index (χ1n) is 11.7. The molecule has 1 aromatic carbocycles. The lowest BCUT2D eigenvalue weighted by Crippen LogP contribution is -2.31. The fourth-order valence-electron chi connectivity index (χ4n) is 2.74. The number of aromatic nitrogens is 2. The average Bonchev–Trinajstić information content (AvgIpc) is 3.28. The highest BCUT2D eigenvalue weighted by atomic mass is 35.5. The molecule has 8 heteroatoms. The summed E-state index contributed by atoms with van der Waals surface area (Å²) >= 11 is 12.3. The number of hydrogen-bond acceptors (Lipinski definition) is 4. The third kappa shape index (κ3) is 5.29. The van der Waals surface area contributed by atoms with Crippen molar-refractivity contribution >= 4 is 34.9 Å². The molecule has 0 aliphatic rings. The van der Waals surface area contributed by atoms with Gasteiger partial charge in [0.15, 0.2) is 0 Å². The normalized spacial score (nSPS) is 17.7. The Kier molecular flexibility index (Phi) is 4.63. The number of carbonyl (C=O) groups is 1. The van der Waals surface area contributed by atoms with Gasteiger partial charge >= 0.3 is 0 Å². The second-order valence-corrected chi connectivity index (χ2v) is 7.00. The van der Waals surface area contributed by atoms with Crippen LogP contribution in [0.15, 0.2) is 48.8 Å². The predicted octanol–water partition coefficient (Wildman–Crippen LogP) is 4.67. The van der Waals surface area contributed by atoms with Crippen molar-refractivity contribution in [1.82, 2.24) is 15.3 Å². The lowest BCUT2D eigenvalue weighted by atomic mass is 10.1. The van der Waals surface area contributed by atoms with E-state index < -0.39 is 31.7 Å². The zero-order valence-electron chi connectivity index (χ0n) is 21.0. The molecule has 2 heterocycles. The van der Waals surface area contributed by atoms with Crippen LogP contribution in [0.3, 0.4) is 0 Å². The van der Waals surface area contributed by atoms with E-state index in [1.54, 1.807) is 24.3 Å². The molecular weight excluding hydrogens is 411 g/mol. The number of nitrogens with zero attached hydrogens (tertiary/aromatic N) is 1. The Morgan fingerprint density at radius 3 is 2.97 bits per heavy atom. The van der Waals surface area contributed by atoms with Gasteiger partial charge < -0.3 is 20.7 Å². The number of aromatic amines is 1. The third-order valence-electron chi connectivity index (χ3n) is 4.10. The molecule has 1 amide bonds. The quantitative estimate of drug-likeness (QED) is 0.431. The number of anilines is 1. The van der Waals surface area contributed by atoms with E-state index in [9.17, 15) is 9.90 Å². The predicted molar refractivity (Wildman–Crippen MR) is 117 cm³/mol. The minimum Gasteiger partial charge on any atom is -0.394 e. The van der Waals surface area contributed by atoms with E-state index in [0.717, 1.165) is 0 Å². The SMILES string of the molecule is [2H]C([2H])C([2H])(Nc1cc(-c2c[nH]c(C(=O)N[C@H](CO)c3cccc(Cl)c3)c2)c(Cl)cn1)C([2H])([2H])[2H]. The minimum atomic E-state index is -2.98. The van der Waals surface area contributed by atoms with Crippen molar-refractivity contribution in [1.29, 1.82) is 0 Å². The van der Waals surface area contributed by atoms with Gasteiger partial charge in [0.05, 0.1) is 19.0 Å². The van der Waals surface area contributed by atoms with Gasteiger partial charge in [0.25, 0.3) is 5.91 Å². The number of rotatable bonds is 7. The standard InChI is InChI=1S/C21H22Cl2N4O2/c1-12(2)26-20-8-16(17(23)10-25-20)14-7-18(24-9-14)21(29)27-19(11-28)13-4-3-5-15(22)6-13/h3-10,12,19,24,28H,11H2,1-2H3,(H,25,26)(H,27,29)/t19-/m1/s1/i1D2,2D3,12D/t12?,19-. The van der Waals surface area contributed by atoms with Crippen molar-refractivity contribution in [3.05, 3.63) is 70.1 Å². The van der Waals surface area contributed by atoms with Crippen molar-refractivity contribution in [2.24, 2.45) is 0 Å². The number of aliphatic hydroxyl groups excluding tert-OH is 1. The summed E-state index contributed by atoms with van der Waals surface area (Å²) in [5.41, 5.74) is 1.62. The smallest absolute Gasteiger partial charge is 0.268 e. The first kappa shape index (κ1) is 14.4. The topological polar surface area (TPSA) is 90.0 Å². The molecule has 2 atom stereocenters. The largest absolute Gasteiger partial charge is 0.394 e. The number of halogens is 2. The van der Waals surface area contributed by atoms with Crippen LogP contribution >= 0.6 is 23.2 Å². The first-order chi connectivity index (χ1) is 16.4. The molecule has 0 bridgehead atoms. The van der Waals surface area contributed by atoms with Gasteiger partial charge in [-0.15, -0.1) is 0 Å². The average molecular weight is 439 g/mol. The monoisotopic (exact) mass is 438 g/mol. The van der Waals surface area contributed by atoms with E-state index in [0.29, 0.717) is 21.7 Å². The summed E-state index contributed by atoms with van der Waals surface area (Å²) in [5, 5.41) is 15.4. The number of carbonyl (C=O) groups excluding carboxylic acids is 1. The molecule has 1 unspecified atom stereocenters. The Morgan fingerprint density at radius 2 is 2.24 bits per heavy atom. The molecule has 0 saturated carbocycles. The molecule has 0 fully saturated rings. The molecule has 29 heavy (non-hydrogen) atoms. The van der Waals surface area contributed by atoms with Crippen LogP contribution in [0.1, 0.15) is 44.0 Å². The number of pyridine rings is 1. The highest BCUT2D eigenvalue weighted by Gasteiger charge is 2.18. The maximum atomic E-state index is 12.8. The lowest BCUT2D eigenvalue weighted by molar-refractivity contribution is 0.0912. The van der Waals surface area contributed by atoms with E-state index in [-0.39, 0.29) is 23.1 Å². The minimum absolute atomic E-state index is 0.0754. The van der Waals surface area contributed by atoms with Crippen molar-refractivity contribution in [3.8, 4) is 11.1 Å². The maximum absolute atomic E-state index is 12.8. The highest BCUT2D eigenvalue weighted by molar-refractivity contribution is 6.33. The summed E-state index contributed by atoms with van der Waals surface area (Å²) in [5.74, 6) is -0.578. The Labute approximate surface area is 187 Å². The van der Waals surface area contributed by atoms with E-state index >= 15 is 0 Å². The van der Waals surface area contributed by atoms with Gasteiger partial charge in [-0.3, -0.25) is 4.79 Å². The molecule has 0 radical (unpaired) electrons. The van der Waals surface area contributed by atoms with Gasteiger partial charge in [-0.05, 0) is 43.6 Å². The zero-order chi connectivity index (χ0) is 26.0.